The van der Waals surface area contributed by atoms with Crippen LogP contribution in [-0.2, 0) is 6.54 Å². The Bertz CT molecular complexity index is 399. The van der Waals surface area contributed by atoms with Crippen molar-refractivity contribution < 1.29 is 4.79 Å². The van der Waals surface area contributed by atoms with Gasteiger partial charge in [-0.1, -0.05) is 19.1 Å². The summed E-state index contributed by atoms with van der Waals surface area (Å²) in [7, 11) is 1.66. The Kier molecular flexibility index (Phi) is 4.37. The molecule has 3 nitrogen and oxygen atoms in total. The minimum Gasteiger partial charge on any atom is -0.355 e. The van der Waals surface area contributed by atoms with E-state index >= 15 is 0 Å². The summed E-state index contributed by atoms with van der Waals surface area (Å²) in [6.07, 6.45) is 2.66. The standard InChI is InChI=1S/C15H22N2O/c1-12-4-3-9-17(10-12)11-13-5-7-14(8-6-13)15(18)16-2/h5-8,12H,3-4,9-11H2,1-2H3,(H,16,18). The van der Waals surface area contributed by atoms with Crippen molar-refractivity contribution in [3.05, 3.63) is 35.4 Å². The van der Waals surface area contributed by atoms with E-state index in [-0.39, 0.29) is 5.91 Å². The molecule has 0 saturated carbocycles. The Balaban J connectivity index is 1.95. The van der Waals surface area contributed by atoms with Crippen LogP contribution < -0.4 is 5.32 Å². The Morgan fingerprint density at radius 1 is 1.39 bits per heavy atom. The number of piperidine rings is 1. The van der Waals surface area contributed by atoms with Gasteiger partial charge in [-0.3, -0.25) is 9.69 Å². The Morgan fingerprint density at radius 2 is 2.11 bits per heavy atom. The molecule has 1 aliphatic heterocycles. The van der Waals surface area contributed by atoms with Crippen molar-refractivity contribution in [3.8, 4) is 0 Å². The quantitative estimate of drug-likeness (QED) is 0.887. The highest BCUT2D eigenvalue weighted by Crippen LogP contribution is 2.18. The summed E-state index contributed by atoms with van der Waals surface area (Å²) >= 11 is 0. The Morgan fingerprint density at radius 3 is 2.72 bits per heavy atom. The Hall–Kier alpha value is -1.35. The average molecular weight is 246 g/mol. The van der Waals surface area contributed by atoms with E-state index in [1.54, 1.807) is 7.05 Å². The van der Waals surface area contributed by atoms with Gasteiger partial charge < -0.3 is 5.32 Å². The predicted molar refractivity (Wildman–Crippen MR) is 73.5 cm³/mol. The lowest BCUT2D eigenvalue weighted by Crippen LogP contribution is -2.33. The summed E-state index contributed by atoms with van der Waals surface area (Å²) in [5, 5.41) is 2.64. The highest BCUT2D eigenvalue weighted by Gasteiger charge is 2.16. The second-order valence-corrected chi connectivity index (χ2v) is 5.26. The lowest BCUT2D eigenvalue weighted by Gasteiger charge is -2.30. The molecule has 98 valence electrons. The van der Waals surface area contributed by atoms with Crippen molar-refractivity contribution in [2.45, 2.75) is 26.3 Å². The number of hydrogen-bond donors (Lipinski definition) is 1. The van der Waals surface area contributed by atoms with E-state index in [1.807, 2.05) is 12.1 Å². The summed E-state index contributed by atoms with van der Waals surface area (Å²) in [5.41, 5.74) is 2.02. The predicted octanol–water partition coefficient (Wildman–Crippen LogP) is 2.28. The number of carbonyl (C=O) groups excluding carboxylic acids is 1. The maximum Gasteiger partial charge on any atom is 0.251 e. The van der Waals surface area contributed by atoms with Crippen molar-refractivity contribution in [1.29, 1.82) is 0 Å². The van der Waals surface area contributed by atoms with Crippen LogP contribution in [0.4, 0.5) is 0 Å². The molecule has 0 spiro atoms. The zero-order chi connectivity index (χ0) is 13.0. The molecule has 1 atom stereocenters. The first-order valence-electron chi connectivity index (χ1n) is 6.72. The van der Waals surface area contributed by atoms with Gasteiger partial charge in [-0.25, -0.2) is 0 Å². The van der Waals surface area contributed by atoms with E-state index < -0.39 is 0 Å². The minimum atomic E-state index is -0.0202. The number of hydrogen-bond acceptors (Lipinski definition) is 2. The van der Waals surface area contributed by atoms with Gasteiger partial charge in [0.1, 0.15) is 0 Å². The molecule has 1 heterocycles. The van der Waals surface area contributed by atoms with Gasteiger partial charge in [-0.15, -0.1) is 0 Å². The van der Waals surface area contributed by atoms with E-state index in [1.165, 1.54) is 31.5 Å². The third kappa shape index (κ3) is 3.33. The minimum absolute atomic E-state index is 0.0202. The topological polar surface area (TPSA) is 32.3 Å². The van der Waals surface area contributed by atoms with E-state index in [9.17, 15) is 4.79 Å². The summed E-state index contributed by atoms with van der Waals surface area (Å²) in [6.45, 7) is 5.71. The van der Waals surface area contributed by atoms with Gasteiger partial charge in [0.2, 0.25) is 0 Å². The number of benzene rings is 1. The molecule has 1 fully saturated rings. The van der Waals surface area contributed by atoms with Crippen molar-refractivity contribution in [3.63, 3.8) is 0 Å². The maximum atomic E-state index is 11.4. The molecule has 1 aliphatic rings. The highest BCUT2D eigenvalue weighted by molar-refractivity contribution is 5.93. The fourth-order valence-corrected chi connectivity index (χ4v) is 2.59. The molecule has 1 aromatic rings. The number of likely N-dealkylation sites (tertiary alicyclic amines) is 1. The molecule has 0 bridgehead atoms. The molecule has 1 amide bonds. The molecule has 0 aliphatic carbocycles. The number of nitrogens with zero attached hydrogens (tertiary/aromatic N) is 1. The summed E-state index contributed by atoms with van der Waals surface area (Å²) in [5.74, 6) is 0.789. The number of nitrogens with one attached hydrogen (secondary N) is 1. The van der Waals surface area contributed by atoms with Crippen LogP contribution in [0.5, 0.6) is 0 Å². The van der Waals surface area contributed by atoms with Crippen LogP contribution in [0.2, 0.25) is 0 Å². The fourth-order valence-electron chi connectivity index (χ4n) is 2.59. The molecule has 1 N–H and O–H groups in total. The molecule has 1 saturated heterocycles. The van der Waals surface area contributed by atoms with Gasteiger partial charge in [-0.2, -0.15) is 0 Å². The molecule has 18 heavy (non-hydrogen) atoms. The molecule has 1 aromatic carbocycles. The second kappa shape index (κ2) is 6.01. The smallest absolute Gasteiger partial charge is 0.251 e. The van der Waals surface area contributed by atoms with Crippen LogP contribution >= 0.6 is 0 Å². The van der Waals surface area contributed by atoms with E-state index in [0.29, 0.717) is 0 Å². The molecule has 1 unspecified atom stereocenters. The largest absolute Gasteiger partial charge is 0.355 e. The van der Waals surface area contributed by atoms with E-state index in [0.717, 1.165) is 18.0 Å². The van der Waals surface area contributed by atoms with E-state index in [4.69, 9.17) is 0 Å². The van der Waals surface area contributed by atoms with Crippen LogP contribution in [0.3, 0.4) is 0 Å². The summed E-state index contributed by atoms with van der Waals surface area (Å²) in [6, 6.07) is 7.93. The van der Waals surface area contributed by atoms with Gasteiger partial charge in [0.05, 0.1) is 0 Å². The molecule has 3 heteroatoms. The van der Waals surface area contributed by atoms with Gasteiger partial charge in [0, 0.05) is 25.7 Å². The molecular formula is C15H22N2O. The number of carbonyl (C=O) groups is 1. The fraction of sp³-hybridized carbons (Fsp3) is 0.533. The van der Waals surface area contributed by atoms with Gasteiger partial charge in [0.25, 0.3) is 5.91 Å². The van der Waals surface area contributed by atoms with E-state index in [2.05, 4.69) is 29.3 Å². The van der Waals surface area contributed by atoms with Crippen LogP contribution in [0, 0.1) is 5.92 Å². The molecular weight excluding hydrogens is 224 g/mol. The van der Waals surface area contributed by atoms with Crippen molar-refractivity contribution >= 4 is 5.91 Å². The van der Waals surface area contributed by atoms with Crippen LogP contribution in [0.25, 0.3) is 0 Å². The number of rotatable bonds is 3. The third-order valence-electron chi connectivity index (χ3n) is 3.59. The van der Waals surface area contributed by atoms with Crippen LogP contribution in [0.15, 0.2) is 24.3 Å². The van der Waals surface area contributed by atoms with Crippen molar-refractivity contribution in [2.24, 2.45) is 5.92 Å². The Labute approximate surface area is 109 Å². The van der Waals surface area contributed by atoms with Crippen molar-refractivity contribution in [1.82, 2.24) is 10.2 Å². The monoisotopic (exact) mass is 246 g/mol. The first-order valence-corrected chi connectivity index (χ1v) is 6.72. The summed E-state index contributed by atoms with van der Waals surface area (Å²) < 4.78 is 0. The van der Waals surface area contributed by atoms with Crippen LogP contribution in [-0.4, -0.2) is 30.9 Å². The van der Waals surface area contributed by atoms with Gasteiger partial charge in [-0.05, 0) is 43.0 Å². The highest BCUT2D eigenvalue weighted by atomic mass is 16.1. The van der Waals surface area contributed by atoms with Gasteiger partial charge >= 0.3 is 0 Å². The zero-order valence-corrected chi connectivity index (χ0v) is 11.3. The third-order valence-corrected chi connectivity index (χ3v) is 3.59. The maximum absolute atomic E-state index is 11.4. The van der Waals surface area contributed by atoms with Crippen LogP contribution in [0.1, 0.15) is 35.7 Å². The SMILES string of the molecule is CNC(=O)c1ccc(CN2CCCC(C)C2)cc1. The molecule has 0 radical (unpaired) electrons. The normalized spacial score (nSPS) is 20.7. The lowest BCUT2D eigenvalue weighted by molar-refractivity contribution is 0.0963. The summed E-state index contributed by atoms with van der Waals surface area (Å²) in [4.78, 5) is 13.9. The number of amides is 1. The molecule has 2 rings (SSSR count). The van der Waals surface area contributed by atoms with Gasteiger partial charge in [0.15, 0.2) is 0 Å². The zero-order valence-electron chi connectivity index (χ0n) is 11.3. The average Bonchev–Trinajstić information content (AvgIpc) is 2.39. The lowest BCUT2D eigenvalue weighted by atomic mass is 9.99. The molecule has 0 aromatic heterocycles. The first kappa shape index (κ1) is 13.1. The second-order valence-electron chi connectivity index (χ2n) is 5.26. The first-order chi connectivity index (χ1) is 8.69. The van der Waals surface area contributed by atoms with Crippen molar-refractivity contribution in [2.75, 3.05) is 20.1 Å².